The first-order valence-electron chi connectivity index (χ1n) is 12.9. The van der Waals surface area contributed by atoms with Crippen molar-refractivity contribution in [1.29, 1.82) is 0 Å². The quantitative estimate of drug-likeness (QED) is 0.388. The van der Waals surface area contributed by atoms with Crippen molar-refractivity contribution in [2.24, 2.45) is 5.92 Å². The number of ether oxygens (including phenoxy) is 2. The van der Waals surface area contributed by atoms with Crippen LogP contribution in [0.2, 0.25) is 0 Å². The average molecular weight is 543 g/mol. The van der Waals surface area contributed by atoms with Gasteiger partial charge in [0.15, 0.2) is 0 Å². The van der Waals surface area contributed by atoms with Crippen LogP contribution in [0.5, 0.6) is 5.75 Å². The summed E-state index contributed by atoms with van der Waals surface area (Å²) in [6.07, 6.45) is -2.25. The second kappa shape index (κ2) is 12.5. The minimum absolute atomic E-state index is 0.0464. The van der Waals surface area contributed by atoms with E-state index >= 15 is 0 Å². The van der Waals surface area contributed by atoms with Gasteiger partial charge < -0.3 is 19.7 Å². The van der Waals surface area contributed by atoms with Gasteiger partial charge in [-0.2, -0.15) is 18.3 Å². The second-order valence-electron chi connectivity index (χ2n) is 9.90. The molecule has 1 saturated heterocycles. The highest BCUT2D eigenvalue weighted by atomic mass is 19.4. The van der Waals surface area contributed by atoms with Crippen molar-refractivity contribution < 1.29 is 27.4 Å². The van der Waals surface area contributed by atoms with Gasteiger partial charge in [0.25, 0.3) is 0 Å². The molecule has 2 aromatic carbocycles. The van der Waals surface area contributed by atoms with Crippen molar-refractivity contribution in [1.82, 2.24) is 20.4 Å². The molecule has 0 radical (unpaired) electrons. The number of carbonyl (C=O) groups excluding carboxylic acids is 1. The average Bonchev–Trinajstić information content (AvgIpc) is 2.91. The van der Waals surface area contributed by atoms with E-state index in [-0.39, 0.29) is 18.9 Å². The van der Waals surface area contributed by atoms with E-state index in [1.807, 2.05) is 37.3 Å². The van der Waals surface area contributed by atoms with E-state index < -0.39 is 17.8 Å². The molecule has 39 heavy (non-hydrogen) atoms. The number of rotatable bonds is 8. The van der Waals surface area contributed by atoms with Gasteiger partial charge in [0.1, 0.15) is 12.4 Å². The number of hydrogen-bond acceptors (Lipinski definition) is 6. The Hall–Kier alpha value is -3.66. The molecule has 208 valence electrons. The number of benzene rings is 2. The van der Waals surface area contributed by atoms with Gasteiger partial charge in [0.05, 0.1) is 24.1 Å². The highest BCUT2D eigenvalue weighted by Gasteiger charge is 2.32. The highest BCUT2D eigenvalue weighted by Crippen LogP contribution is 2.38. The van der Waals surface area contributed by atoms with Gasteiger partial charge in [0, 0.05) is 18.7 Å². The summed E-state index contributed by atoms with van der Waals surface area (Å²) in [5, 5.41) is 11.8. The van der Waals surface area contributed by atoms with Crippen LogP contribution in [0, 0.1) is 12.8 Å². The summed E-state index contributed by atoms with van der Waals surface area (Å²) in [4.78, 5) is 14.8. The molecule has 7 nitrogen and oxygen atoms in total. The van der Waals surface area contributed by atoms with Gasteiger partial charge in [-0.15, -0.1) is 5.10 Å². The van der Waals surface area contributed by atoms with Crippen LogP contribution in [0.15, 0.2) is 48.5 Å². The molecule has 10 heteroatoms. The number of methoxy groups -OCH3 is 1. The van der Waals surface area contributed by atoms with Crippen LogP contribution in [0.25, 0.3) is 11.3 Å². The van der Waals surface area contributed by atoms with E-state index in [0.29, 0.717) is 29.2 Å². The number of alkyl carbamates (subject to hydrolysis) is 1. The number of nitrogens with zero attached hydrogens (tertiary/aromatic N) is 3. The summed E-state index contributed by atoms with van der Waals surface area (Å²) in [6.45, 7) is 4.10. The lowest BCUT2D eigenvalue weighted by Gasteiger charge is -2.30. The maximum Gasteiger partial charge on any atom is 0.416 e. The Morgan fingerprint density at radius 2 is 1.92 bits per heavy atom. The zero-order chi connectivity index (χ0) is 28.0. The van der Waals surface area contributed by atoms with E-state index in [0.717, 1.165) is 54.9 Å². The third-order valence-corrected chi connectivity index (χ3v) is 7.04. The first-order chi connectivity index (χ1) is 18.7. The van der Waals surface area contributed by atoms with E-state index in [9.17, 15) is 18.0 Å². The summed E-state index contributed by atoms with van der Waals surface area (Å²) in [5.41, 5.74) is 3.10. The molecule has 0 aliphatic carbocycles. The first-order valence-corrected chi connectivity index (χ1v) is 12.9. The van der Waals surface area contributed by atoms with Gasteiger partial charge >= 0.3 is 12.3 Å². The lowest BCUT2D eigenvalue weighted by molar-refractivity contribution is -0.137. The Morgan fingerprint density at radius 1 is 1.15 bits per heavy atom. The molecule has 1 aliphatic heterocycles. The first kappa shape index (κ1) is 28.4. The lowest BCUT2D eigenvalue weighted by Crippen LogP contribution is -2.33. The predicted octanol–water partition coefficient (Wildman–Crippen LogP) is 5.79. The number of likely N-dealkylation sites (tertiary alicyclic amines) is 1. The molecule has 0 saturated carbocycles. The number of hydrogen-bond donors (Lipinski definition) is 1. The van der Waals surface area contributed by atoms with Crippen molar-refractivity contribution in [3.05, 3.63) is 76.5 Å². The van der Waals surface area contributed by atoms with E-state index in [1.54, 1.807) is 0 Å². The minimum Gasteiger partial charge on any atom is -0.496 e. The minimum atomic E-state index is -4.50. The number of nitrogens with one attached hydrogen (secondary N) is 1. The number of halogens is 3. The predicted molar refractivity (Wildman–Crippen MR) is 141 cm³/mol. The van der Waals surface area contributed by atoms with Crippen molar-refractivity contribution in [2.75, 3.05) is 27.2 Å². The maximum absolute atomic E-state index is 13.3. The van der Waals surface area contributed by atoms with Crippen LogP contribution in [-0.4, -0.2) is 48.4 Å². The molecule has 1 N–H and O–H groups in total. The maximum atomic E-state index is 13.3. The number of aromatic nitrogens is 2. The molecule has 1 amide bonds. The Bertz CT molecular complexity index is 1280. The highest BCUT2D eigenvalue weighted by molar-refractivity contribution is 5.72. The normalized spacial score (nSPS) is 16.1. The molecule has 1 atom stereocenters. The number of alkyl halides is 3. The number of carbonyl (C=O) groups is 1. The van der Waals surface area contributed by atoms with Crippen molar-refractivity contribution in [3.8, 4) is 17.0 Å². The van der Waals surface area contributed by atoms with Gasteiger partial charge in [-0.1, -0.05) is 30.3 Å². The molecule has 4 rings (SSSR count). The van der Waals surface area contributed by atoms with Crippen LogP contribution >= 0.6 is 0 Å². The fourth-order valence-electron chi connectivity index (χ4n) is 4.97. The molecule has 3 aromatic rings. The molecule has 0 spiro atoms. The van der Waals surface area contributed by atoms with Gasteiger partial charge in [-0.05, 0) is 80.6 Å². The fraction of sp³-hybridized carbons (Fsp3) is 0.414. The zero-order valence-corrected chi connectivity index (χ0v) is 22.3. The largest absolute Gasteiger partial charge is 0.496 e. The van der Waals surface area contributed by atoms with Crippen LogP contribution in [-0.2, 0) is 30.5 Å². The smallest absolute Gasteiger partial charge is 0.416 e. The summed E-state index contributed by atoms with van der Waals surface area (Å²) in [6, 6.07) is 12.7. The molecule has 2 heterocycles. The molecule has 1 aliphatic rings. The van der Waals surface area contributed by atoms with Gasteiger partial charge in [-0.25, -0.2) is 4.79 Å². The third kappa shape index (κ3) is 7.26. The summed E-state index contributed by atoms with van der Waals surface area (Å²) in [5.74, 6) is 0.428. The Kier molecular flexibility index (Phi) is 9.06. The van der Waals surface area contributed by atoms with Gasteiger partial charge in [0.2, 0.25) is 0 Å². The molecular formula is C29H33F3N4O3. The summed E-state index contributed by atoms with van der Waals surface area (Å²) >= 11 is 0. The second-order valence-corrected chi connectivity index (χ2v) is 9.90. The van der Waals surface area contributed by atoms with Gasteiger partial charge in [-0.3, -0.25) is 0 Å². The monoisotopic (exact) mass is 542 g/mol. The Labute approximate surface area is 226 Å². The van der Waals surface area contributed by atoms with Crippen molar-refractivity contribution in [2.45, 2.75) is 45.5 Å². The zero-order valence-electron chi connectivity index (χ0n) is 22.3. The summed E-state index contributed by atoms with van der Waals surface area (Å²) < 4.78 is 50.6. The molecule has 0 bridgehead atoms. The van der Waals surface area contributed by atoms with E-state index in [4.69, 9.17) is 9.47 Å². The Balaban J connectivity index is 1.62. The Morgan fingerprint density at radius 3 is 2.62 bits per heavy atom. The summed E-state index contributed by atoms with van der Waals surface area (Å²) in [7, 11) is 3.41. The van der Waals surface area contributed by atoms with Crippen LogP contribution < -0.4 is 10.1 Å². The van der Waals surface area contributed by atoms with Crippen molar-refractivity contribution >= 4 is 6.09 Å². The standard InChI is InChI=1S/C29H33F3N4O3/c1-19-24(16-33-28(37)39-18-20-8-5-4-6-9-20)25(14-21-10-7-13-36(2)17-21)34-35-27(19)23-12-11-22(29(30,31)32)15-26(23)38-3/h4-6,8-9,11-12,15,21H,7,10,13-14,16-18H2,1-3H3,(H,33,37)/t21-/m0/s1. The number of amides is 1. The van der Waals surface area contributed by atoms with Crippen molar-refractivity contribution in [3.63, 3.8) is 0 Å². The third-order valence-electron chi connectivity index (χ3n) is 7.04. The van der Waals surface area contributed by atoms with E-state index in [2.05, 4.69) is 27.5 Å². The fourth-order valence-corrected chi connectivity index (χ4v) is 4.97. The van der Waals surface area contributed by atoms with Crippen LogP contribution in [0.4, 0.5) is 18.0 Å². The number of piperidine rings is 1. The topological polar surface area (TPSA) is 76.6 Å². The molecular weight excluding hydrogens is 509 g/mol. The molecule has 1 aromatic heterocycles. The van der Waals surface area contributed by atoms with Crippen LogP contribution in [0.1, 0.15) is 40.8 Å². The SMILES string of the molecule is COc1cc(C(F)(F)F)ccc1-c1nnc(C[C@@H]2CCCN(C)C2)c(CNC(=O)OCc2ccccc2)c1C. The van der Waals surface area contributed by atoms with Crippen LogP contribution in [0.3, 0.4) is 0 Å². The molecule has 0 unspecified atom stereocenters. The van der Waals surface area contributed by atoms with E-state index in [1.165, 1.54) is 13.2 Å². The lowest BCUT2D eigenvalue weighted by atomic mass is 9.90. The molecule has 1 fully saturated rings.